The van der Waals surface area contributed by atoms with Gasteiger partial charge in [0.05, 0.1) is 5.92 Å². The van der Waals surface area contributed by atoms with Crippen LogP contribution < -0.4 is 4.90 Å². The van der Waals surface area contributed by atoms with Gasteiger partial charge in [-0.15, -0.1) is 0 Å². The van der Waals surface area contributed by atoms with Gasteiger partial charge in [0.1, 0.15) is 0 Å². The number of anilines is 1. The molecule has 1 aliphatic carbocycles. The van der Waals surface area contributed by atoms with Crippen molar-refractivity contribution in [2.75, 3.05) is 64.3 Å². The molecular weight excluding hydrogens is 368 g/mol. The Bertz CT molecular complexity index is 704. The molecular formula is C21H34N6O2. The van der Waals surface area contributed by atoms with Gasteiger partial charge in [-0.3, -0.25) is 9.69 Å². The summed E-state index contributed by atoms with van der Waals surface area (Å²) >= 11 is 0. The second-order valence-electron chi connectivity index (χ2n) is 9.39. The van der Waals surface area contributed by atoms with E-state index in [9.17, 15) is 4.79 Å². The first-order chi connectivity index (χ1) is 14.2. The van der Waals surface area contributed by atoms with Crippen molar-refractivity contribution < 1.29 is 9.32 Å². The van der Waals surface area contributed by atoms with E-state index in [1.54, 1.807) is 0 Å². The Hall–Kier alpha value is -1.67. The third kappa shape index (κ3) is 4.28. The Kier molecular flexibility index (Phi) is 5.47. The van der Waals surface area contributed by atoms with Crippen molar-refractivity contribution in [3.8, 4) is 0 Å². The minimum absolute atomic E-state index is 0.184. The Morgan fingerprint density at radius 3 is 2.45 bits per heavy atom. The van der Waals surface area contributed by atoms with Crippen LogP contribution in [0.1, 0.15) is 50.3 Å². The molecule has 0 N–H and O–H groups in total. The minimum atomic E-state index is 0.184. The van der Waals surface area contributed by atoms with Gasteiger partial charge in [0.15, 0.2) is 0 Å². The van der Waals surface area contributed by atoms with Crippen LogP contribution in [0.5, 0.6) is 0 Å². The third-order valence-corrected chi connectivity index (χ3v) is 7.24. The van der Waals surface area contributed by atoms with E-state index in [4.69, 9.17) is 4.52 Å². The van der Waals surface area contributed by atoms with Gasteiger partial charge in [-0.2, -0.15) is 4.98 Å². The summed E-state index contributed by atoms with van der Waals surface area (Å²) in [5, 5.41) is 4.20. The fourth-order valence-electron chi connectivity index (χ4n) is 5.11. The lowest BCUT2D eigenvalue weighted by atomic mass is 9.92. The fraction of sp³-hybridized carbons (Fsp3) is 0.857. The van der Waals surface area contributed by atoms with Crippen molar-refractivity contribution in [1.29, 1.82) is 0 Å². The first-order valence-corrected chi connectivity index (χ1v) is 11.5. The number of piperazine rings is 1. The van der Waals surface area contributed by atoms with Crippen LogP contribution in [0.25, 0.3) is 0 Å². The molecule has 8 nitrogen and oxygen atoms in total. The number of hydrogen-bond acceptors (Lipinski definition) is 7. The largest absolute Gasteiger partial charge is 0.340 e. The van der Waals surface area contributed by atoms with Crippen LogP contribution in [0, 0.1) is 5.92 Å². The fourth-order valence-corrected chi connectivity index (χ4v) is 5.11. The van der Waals surface area contributed by atoms with Crippen molar-refractivity contribution >= 4 is 11.9 Å². The van der Waals surface area contributed by atoms with Gasteiger partial charge in [-0.05, 0) is 57.3 Å². The lowest BCUT2D eigenvalue weighted by Gasteiger charge is -2.43. The molecule has 0 bridgehead atoms. The number of amides is 1. The highest BCUT2D eigenvalue weighted by atomic mass is 16.5. The summed E-state index contributed by atoms with van der Waals surface area (Å²) in [5.41, 5.74) is 0. The molecule has 3 aliphatic heterocycles. The van der Waals surface area contributed by atoms with Crippen molar-refractivity contribution in [1.82, 2.24) is 24.8 Å². The van der Waals surface area contributed by atoms with Gasteiger partial charge in [-0.1, -0.05) is 0 Å². The molecule has 4 fully saturated rings. The molecule has 1 saturated carbocycles. The standard InChI is InChI=1S/C21H34N6O2/c1-24-11-13-25(14-12-24)20(28)17-3-2-8-27(15-17)18-6-9-26(10-7-18)21-22-19(29-23-21)16-4-5-16/h16-18H,2-15H2,1H3/t17-/m1/s1. The number of likely N-dealkylation sites (tertiary alicyclic amines) is 1. The predicted molar refractivity (Wildman–Crippen MR) is 110 cm³/mol. The number of aromatic nitrogens is 2. The third-order valence-electron chi connectivity index (χ3n) is 7.24. The molecule has 1 atom stereocenters. The van der Waals surface area contributed by atoms with Gasteiger partial charge in [0, 0.05) is 57.8 Å². The monoisotopic (exact) mass is 402 g/mol. The van der Waals surface area contributed by atoms with Gasteiger partial charge in [0.2, 0.25) is 11.8 Å². The van der Waals surface area contributed by atoms with Crippen LogP contribution in [0.4, 0.5) is 5.95 Å². The van der Waals surface area contributed by atoms with E-state index < -0.39 is 0 Å². The Balaban J connectivity index is 1.13. The molecule has 0 unspecified atom stereocenters. The first kappa shape index (κ1) is 19.3. The molecule has 1 aromatic heterocycles. The lowest BCUT2D eigenvalue weighted by Crippen LogP contribution is -2.54. The highest BCUT2D eigenvalue weighted by Gasteiger charge is 2.35. The molecule has 4 aliphatic rings. The normalized spacial score (nSPS) is 28.1. The smallest absolute Gasteiger partial charge is 0.266 e. The van der Waals surface area contributed by atoms with Crippen LogP contribution in [-0.2, 0) is 4.79 Å². The number of rotatable bonds is 4. The van der Waals surface area contributed by atoms with E-state index >= 15 is 0 Å². The van der Waals surface area contributed by atoms with Crippen molar-refractivity contribution in [3.63, 3.8) is 0 Å². The van der Waals surface area contributed by atoms with E-state index in [0.717, 1.165) is 89.9 Å². The van der Waals surface area contributed by atoms with Gasteiger partial charge < -0.3 is 19.2 Å². The van der Waals surface area contributed by atoms with Gasteiger partial charge in [-0.25, -0.2) is 0 Å². The quantitative estimate of drug-likeness (QED) is 0.754. The van der Waals surface area contributed by atoms with Crippen molar-refractivity contribution in [2.45, 2.75) is 50.5 Å². The molecule has 0 aromatic carbocycles. The molecule has 1 aromatic rings. The molecule has 160 valence electrons. The Morgan fingerprint density at radius 1 is 0.966 bits per heavy atom. The molecule has 1 amide bonds. The molecule has 0 radical (unpaired) electrons. The molecule has 4 heterocycles. The summed E-state index contributed by atoms with van der Waals surface area (Å²) in [6, 6.07) is 0.573. The van der Waals surface area contributed by atoms with Crippen molar-refractivity contribution in [3.05, 3.63) is 5.89 Å². The summed E-state index contributed by atoms with van der Waals surface area (Å²) in [4.78, 5) is 26.9. The number of hydrogen-bond donors (Lipinski definition) is 0. The topological polar surface area (TPSA) is 69.0 Å². The van der Waals surface area contributed by atoms with E-state index in [2.05, 4.69) is 36.8 Å². The molecule has 5 rings (SSSR count). The molecule has 3 saturated heterocycles. The Labute approximate surface area is 173 Å². The van der Waals surface area contributed by atoms with E-state index in [-0.39, 0.29) is 5.92 Å². The van der Waals surface area contributed by atoms with Crippen LogP contribution in [0.15, 0.2) is 4.52 Å². The maximum absolute atomic E-state index is 13.0. The second kappa shape index (κ2) is 8.22. The number of likely N-dealkylation sites (N-methyl/N-ethyl adjacent to an activating group) is 1. The number of nitrogens with zero attached hydrogens (tertiary/aromatic N) is 6. The average molecular weight is 403 g/mol. The molecule has 8 heteroatoms. The minimum Gasteiger partial charge on any atom is -0.340 e. The van der Waals surface area contributed by atoms with Crippen LogP contribution in [0.3, 0.4) is 0 Å². The highest BCUT2D eigenvalue weighted by Crippen LogP contribution is 2.39. The second-order valence-corrected chi connectivity index (χ2v) is 9.39. The number of carbonyl (C=O) groups excluding carboxylic acids is 1. The van der Waals surface area contributed by atoms with Crippen LogP contribution in [0.2, 0.25) is 0 Å². The van der Waals surface area contributed by atoms with Crippen LogP contribution >= 0.6 is 0 Å². The van der Waals surface area contributed by atoms with Crippen molar-refractivity contribution in [2.24, 2.45) is 5.92 Å². The zero-order valence-corrected chi connectivity index (χ0v) is 17.6. The van der Waals surface area contributed by atoms with Gasteiger partial charge >= 0.3 is 0 Å². The summed E-state index contributed by atoms with van der Waals surface area (Å²) in [5.74, 6) is 2.68. The molecule has 29 heavy (non-hydrogen) atoms. The summed E-state index contributed by atoms with van der Waals surface area (Å²) < 4.78 is 5.43. The summed E-state index contributed by atoms with van der Waals surface area (Å²) in [7, 11) is 2.14. The van der Waals surface area contributed by atoms with E-state index in [0.29, 0.717) is 17.9 Å². The maximum Gasteiger partial charge on any atom is 0.266 e. The van der Waals surface area contributed by atoms with E-state index in [1.807, 2.05) is 0 Å². The number of carbonyl (C=O) groups is 1. The zero-order valence-electron chi connectivity index (χ0n) is 17.6. The predicted octanol–water partition coefficient (Wildman–Crippen LogP) is 1.40. The summed E-state index contributed by atoms with van der Waals surface area (Å²) in [6.07, 6.45) is 6.79. The average Bonchev–Trinajstić information content (AvgIpc) is 3.51. The van der Waals surface area contributed by atoms with E-state index in [1.165, 1.54) is 12.8 Å². The Morgan fingerprint density at radius 2 is 1.72 bits per heavy atom. The maximum atomic E-state index is 13.0. The number of piperidine rings is 2. The zero-order chi connectivity index (χ0) is 19.8. The first-order valence-electron chi connectivity index (χ1n) is 11.5. The highest BCUT2D eigenvalue weighted by molar-refractivity contribution is 5.79. The van der Waals surface area contributed by atoms with Gasteiger partial charge in [0.25, 0.3) is 5.95 Å². The molecule has 0 spiro atoms. The SMILES string of the molecule is CN1CCN(C(=O)[C@@H]2CCCN(C3CCN(c4noc(C5CC5)n4)CC3)C2)CC1. The summed E-state index contributed by atoms with van der Waals surface area (Å²) in [6.45, 7) is 7.78. The van der Waals surface area contributed by atoms with Crippen LogP contribution in [-0.4, -0.2) is 96.2 Å². The lowest BCUT2D eigenvalue weighted by molar-refractivity contribution is -0.139.